The van der Waals surface area contributed by atoms with Crippen LogP contribution in [0.1, 0.15) is 26.2 Å². The molecular weight excluding hydrogens is 402 g/mol. The number of H-pyrrole nitrogens is 1. The van der Waals surface area contributed by atoms with Crippen LogP contribution in [0.3, 0.4) is 0 Å². The second kappa shape index (κ2) is 7.72. The van der Waals surface area contributed by atoms with Crippen molar-refractivity contribution in [2.24, 2.45) is 5.92 Å². The van der Waals surface area contributed by atoms with Crippen LogP contribution in [-0.4, -0.2) is 48.4 Å². The highest BCUT2D eigenvalue weighted by Gasteiger charge is 2.23. The molecule has 4 aromatic rings. The number of hydrogen-bond acceptors (Lipinski definition) is 4. The van der Waals surface area contributed by atoms with Gasteiger partial charge in [0.25, 0.3) is 0 Å². The lowest BCUT2D eigenvalue weighted by atomic mass is 9.96. The number of pyridine rings is 1. The molecule has 5 heterocycles. The van der Waals surface area contributed by atoms with Crippen LogP contribution in [0, 0.1) is 17.6 Å². The Morgan fingerprint density at radius 2 is 2.00 bits per heavy atom. The molecule has 1 saturated heterocycles. The van der Waals surface area contributed by atoms with Gasteiger partial charge in [-0.05, 0) is 24.8 Å². The maximum Gasteiger partial charge on any atom is 0.222 e. The van der Waals surface area contributed by atoms with Crippen molar-refractivity contribution in [2.75, 3.05) is 13.1 Å². The van der Waals surface area contributed by atoms with Crippen molar-refractivity contribution in [1.82, 2.24) is 29.4 Å². The number of nitrogens with zero attached hydrogens (tertiary/aromatic N) is 5. The first-order chi connectivity index (χ1) is 15.0. The van der Waals surface area contributed by atoms with E-state index in [0.29, 0.717) is 52.3 Å². The average molecular weight is 424 g/mol. The molecule has 0 radical (unpaired) electrons. The normalized spacial score (nSPS) is 15.3. The molecule has 0 aliphatic carbocycles. The summed E-state index contributed by atoms with van der Waals surface area (Å²) in [5, 5.41) is 0.928. The van der Waals surface area contributed by atoms with Crippen LogP contribution in [0.15, 0.2) is 30.9 Å². The number of aromatic amines is 1. The van der Waals surface area contributed by atoms with Crippen molar-refractivity contribution >= 4 is 28.0 Å². The predicted molar refractivity (Wildman–Crippen MR) is 112 cm³/mol. The van der Waals surface area contributed by atoms with Gasteiger partial charge in [0.2, 0.25) is 5.91 Å². The van der Waals surface area contributed by atoms with Gasteiger partial charge in [-0.3, -0.25) is 4.79 Å². The summed E-state index contributed by atoms with van der Waals surface area (Å²) < 4.78 is 30.1. The van der Waals surface area contributed by atoms with E-state index in [2.05, 4.69) is 19.9 Å². The number of aromatic nitrogens is 5. The Morgan fingerprint density at radius 3 is 2.77 bits per heavy atom. The molecule has 0 aromatic carbocycles. The molecule has 1 N–H and O–H groups in total. The zero-order valence-corrected chi connectivity index (χ0v) is 17.1. The summed E-state index contributed by atoms with van der Waals surface area (Å²) in [6, 6.07) is 1.38. The standard InChI is InChI=1S/C22H22F2N6O/c1-2-19(31)29-5-3-13(4-6-29)11-30-12-18(24)17-10-27-21(28-22(17)30)16-9-26-20-15(16)7-14(23)8-25-20/h7-10,12-13H,2-6,11H2,1H3,(H,25,26). The van der Waals surface area contributed by atoms with Crippen LogP contribution in [0.4, 0.5) is 8.78 Å². The summed E-state index contributed by atoms with van der Waals surface area (Å²) in [5.74, 6) is 0.0797. The van der Waals surface area contributed by atoms with E-state index in [1.54, 1.807) is 6.20 Å². The summed E-state index contributed by atoms with van der Waals surface area (Å²) in [5.41, 5.74) is 1.66. The Hall–Kier alpha value is -3.36. The Labute approximate surface area is 177 Å². The molecular formula is C22H22F2N6O. The average Bonchev–Trinajstić information content (AvgIpc) is 3.34. The molecule has 0 unspecified atom stereocenters. The van der Waals surface area contributed by atoms with Crippen molar-refractivity contribution in [2.45, 2.75) is 32.7 Å². The lowest BCUT2D eigenvalue weighted by Gasteiger charge is -2.32. The highest BCUT2D eigenvalue weighted by atomic mass is 19.1. The minimum Gasteiger partial charge on any atom is -0.345 e. The molecule has 1 aliphatic rings. The van der Waals surface area contributed by atoms with Crippen molar-refractivity contribution in [3.05, 3.63) is 42.5 Å². The van der Waals surface area contributed by atoms with Crippen molar-refractivity contribution in [3.63, 3.8) is 0 Å². The topological polar surface area (TPSA) is 79.7 Å². The van der Waals surface area contributed by atoms with Gasteiger partial charge in [0, 0.05) is 55.6 Å². The number of fused-ring (bicyclic) bond motifs is 2. The first-order valence-electron chi connectivity index (χ1n) is 10.5. The van der Waals surface area contributed by atoms with E-state index in [0.717, 1.165) is 32.1 Å². The smallest absolute Gasteiger partial charge is 0.222 e. The van der Waals surface area contributed by atoms with Gasteiger partial charge >= 0.3 is 0 Å². The monoisotopic (exact) mass is 424 g/mol. The molecule has 0 atom stereocenters. The van der Waals surface area contributed by atoms with E-state index >= 15 is 0 Å². The molecule has 1 aliphatic heterocycles. The zero-order chi connectivity index (χ0) is 21.5. The van der Waals surface area contributed by atoms with E-state index in [4.69, 9.17) is 0 Å². The Bertz CT molecular complexity index is 1270. The molecule has 1 amide bonds. The number of likely N-dealkylation sites (tertiary alicyclic amines) is 1. The molecule has 7 nitrogen and oxygen atoms in total. The third-order valence-electron chi connectivity index (χ3n) is 6.03. The first kappa shape index (κ1) is 19.6. The number of carbonyl (C=O) groups is 1. The van der Waals surface area contributed by atoms with Crippen LogP contribution in [-0.2, 0) is 11.3 Å². The van der Waals surface area contributed by atoms with E-state index in [9.17, 15) is 13.6 Å². The lowest BCUT2D eigenvalue weighted by molar-refractivity contribution is -0.132. The minimum atomic E-state index is -0.447. The van der Waals surface area contributed by atoms with Crippen LogP contribution in [0.25, 0.3) is 33.5 Å². The summed E-state index contributed by atoms with van der Waals surface area (Å²) in [7, 11) is 0. The Morgan fingerprint density at radius 1 is 1.19 bits per heavy atom. The van der Waals surface area contributed by atoms with Crippen molar-refractivity contribution in [3.8, 4) is 11.4 Å². The SMILES string of the molecule is CCC(=O)N1CCC(Cn2cc(F)c3cnc(-c4c[nH]c5ncc(F)cc45)nc32)CC1. The lowest BCUT2D eigenvalue weighted by Crippen LogP contribution is -2.38. The molecule has 0 bridgehead atoms. The zero-order valence-electron chi connectivity index (χ0n) is 17.1. The number of halogens is 2. The second-order valence-corrected chi connectivity index (χ2v) is 7.99. The summed E-state index contributed by atoms with van der Waals surface area (Å²) in [6.07, 6.45) is 8.03. The fourth-order valence-electron chi connectivity index (χ4n) is 4.33. The highest BCUT2D eigenvalue weighted by molar-refractivity contribution is 5.92. The molecule has 9 heteroatoms. The van der Waals surface area contributed by atoms with E-state index in [1.807, 2.05) is 16.4 Å². The number of hydrogen-bond donors (Lipinski definition) is 1. The summed E-state index contributed by atoms with van der Waals surface area (Å²) >= 11 is 0. The van der Waals surface area contributed by atoms with Crippen LogP contribution < -0.4 is 0 Å². The van der Waals surface area contributed by atoms with E-state index in [-0.39, 0.29) is 11.7 Å². The van der Waals surface area contributed by atoms with Gasteiger partial charge in [-0.1, -0.05) is 6.92 Å². The molecule has 4 aromatic heterocycles. The number of piperidine rings is 1. The Balaban J connectivity index is 1.45. The number of carbonyl (C=O) groups excluding carboxylic acids is 1. The summed E-state index contributed by atoms with van der Waals surface area (Å²) in [6.45, 7) is 3.95. The molecule has 160 valence electrons. The quantitative estimate of drug-likeness (QED) is 0.539. The van der Waals surface area contributed by atoms with Gasteiger partial charge in [0.1, 0.15) is 17.1 Å². The number of nitrogens with one attached hydrogen (secondary N) is 1. The molecule has 31 heavy (non-hydrogen) atoms. The number of rotatable bonds is 4. The second-order valence-electron chi connectivity index (χ2n) is 7.99. The third kappa shape index (κ3) is 3.54. The van der Waals surface area contributed by atoms with Gasteiger partial charge in [-0.2, -0.15) is 0 Å². The van der Waals surface area contributed by atoms with Gasteiger partial charge < -0.3 is 14.5 Å². The molecule has 0 saturated carbocycles. The minimum absolute atomic E-state index is 0.179. The predicted octanol–water partition coefficient (Wildman–Crippen LogP) is 3.90. The third-order valence-corrected chi connectivity index (χ3v) is 6.03. The van der Waals surface area contributed by atoms with Gasteiger partial charge in [-0.15, -0.1) is 0 Å². The maximum absolute atomic E-state index is 14.5. The van der Waals surface area contributed by atoms with Crippen molar-refractivity contribution < 1.29 is 13.6 Å². The Kier molecular flexibility index (Phi) is 4.88. The van der Waals surface area contributed by atoms with Crippen molar-refractivity contribution in [1.29, 1.82) is 0 Å². The molecule has 5 rings (SSSR count). The van der Waals surface area contributed by atoms with Gasteiger partial charge in [0.15, 0.2) is 11.6 Å². The fourth-order valence-corrected chi connectivity index (χ4v) is 4.33. The van der Waals surface area contributed by atoms with Gasteiger partial charge in [-0.25, -0.2) is 23.7 Å². The van der Waals surface area contributed by atoms with Gasteiger partial charge in [0.05, 0.1) is 11.6 Å². The summed E-state index contributed by atoms with van der Waals surface area (Å²) in [4.78, 5) is 29.8. The maximum atomic E-state index is 14.5. The number of amides is 1. The largest absolute Gasteiger partial charge is 0.345 e. The fraction of sp³-hybridized carbons (Fsp3) is 0.364. The highest BCUT2D eigenvalue weighted by Crippen LogP contribution is 2.29. The van der Waals surface area contributed by atoms with Crippen LogP contribution >= 0.6 is 0 Å². The molecule has 1 fully saturated rings. The van der Waals surface area contributed by atoms with E-state index in [1.165, 1.54) is 18.5 Å². The van der Waals surface area contributed by atoms with Crippen LogP contribution in [0.5, 0.6) is 0 Å². The van der Waals surface area contributed by atoms with Crippen LogP contribution in [0.2, 0.25) is 0 Å². The van der Waals surface area contributed by atoms with E-state index < -0.39 is 5.82 Å². The first-order valence-corrected chi connectivity index (χ1v) is 10.5. The molecule has 0 spiro atoms.